The molecule has 3 rings (SSSR count). The van der Waals surface area contributed by atoms with E-state index in [1.54, 1.807) is 16.6 Å². The molecule has 0 aliphatic carbocycles. The number of hydrogen-bond donors (Lipinski definition) is 1. The van der Waals surface area contributed by atoms with Crippen molar-refractivity contribution in [1.82, 2.24) is 14.6 Å². The second kappa shape index (κ2) is 5.12. The van der Waals surface area contributed by atoms with Gasteiger partial charge in [0.15, 0.2) is 0 Å². The molecule has 1 aromatic heterocycles. The molecule has 104 valence electrons. The van der Waals surface area contributed by atoms with Gasteiger partial charge in [0.05, 0.1) is 0 Å². The number of nitrogens with zero attached hydrogens (tertiary/aromatic N) is 2. The van der Waals surface area contributed by atoms with Crippen molar-refractivity contribution in [3.8, 4) is 0 Å². The van der Waals surface area contributed by atoms with Gasteiger partial charge in [0, 0.05) is 42.0 Å². The predicted octanol–water partition coefficient (Wildman–Crippen LogP) is 1.36. The van der Waals surface area contributed by atoms with Crippen LogP contribution in [0.15, 0.2) is 27.8 Å². The summed E-state index contributed by atoms with van der Waals surface area (Å²) in [6, 6.07) is 2.38. The van der Waals surface area contributed by atoms with Gasteiger partial charge in [-0.2, -0.15) is 4.31 Å². The molecule has 1 aromatic rings. The Kier molecular flexibility index (Phi) is 3.63. The Morgan fingerprint density at radius 3 is 2.84 bits per heavy atom. The van der Waals surface area contributed by atoms with Crippen molar-refractivity contribution in [3.63, 3.8) is 0 Å². The lowest BCUT2D eigenvalue weighted by atomic mass is 10.1. The van der Waals surface area contributed by atoms with Gasteiger partial charge >= 0.3 is 0 Å². The molecule has 7 heteroatoms. The maximum atomic E-state index is 12.6. The summed E-state index contributed by atoms with van der Waals surface area (Å²) >= 11 is 3.27. The molecule has 2 saturated heterocycles. The van der Waals surface area contributed by atoms with E-state index in [1.165, 1.54) is 6.20 Å². The van der Waals surface area contributed by atoms with Crippen LogP contribution in [-0.4, -0.2) is 42.9 Å². The number of sulfonamides is 1. The summed E-state index contributed by atoms with van der Waals surface area (Å²) in [5, 5.41) is 3.49. The van der Waals surface area contributed by atoms with Crippen LogP contribution < -0.4 is 5.32 Å². The van der Waals surface area contributed by atoms with Crippen molar-refractivity contribution in [3.05, 3.63) is 22.9 Å². The predicted molar refractivity (Wildman–Crippen MR) is 75.3 cm³/mol. The Hall–Kier alpha value is -0.500. The summed E-state index contributed by atoms with van der Waals surface area (Å²) in [7, 11) is -3.43. The molecule has 1 N–H and O–H groups in total. The highest BCUT2D eigenvalue weighted by Crippen LogP contribution is 2.25. The SMILES string of the molecule is O=S(=O)(c1cncc(Br)c1)N1CCC2CCC(C1)N2. The number of pyridine rings is 1. The van der Waals surface area contributed by atoms with E-state index in [1.807, 2.05) is 0 Å². The summed E-state index contributed by atoms with van der Waals surface area (Å²) in [5.41, 5.74) is 0. The van der Waals surface area contributed by atoms with E-state index in [2.05, 4.69) is 26.2 Å². The first-order valence-electron chi connectivity index (χ1n) is 6.42. The first kappa shape index (κ1) is 13.5. The highest BCUT2D eigenvalue weighted by atomic mass is 79.9. The number of rotatable bonds is 2. The molecule has 2 aliphatic rings. The number of nitrogens with one attached hydrogen (secondary N) is 1. The maximum Gasteiger partial charge on any atom is 0.244 e. The fourth-order valence-corrected chi connectivity index (χ4v) is 4.82. The molecule has 0 saturated carbocycles. The minimum absolute atomic E-state index is 0.264. The number of halogens is 1. The van der Waals surface area contributed by atoms with Gasteiger partial charge in [-0.1, -0.05) is 0 Å². The maximum absolute atomic E-state index is 12.6. The molecule has 0 aromatic carbocycles. The Balaban J connectivity index is 1.88. The lowest BCUT2D eigenvalue weighted by molar-refractivity contribution is 0.383. The second-order valence-electron chi connectivity index (χ2n) is 5.13. The van der Waals surface area contributed by atoms with Crippen LogP contribution in [0, 0.1) is 0 Å². The van der Waals surface area contributed by atoms with Crippen molar-refractivity contribution in [2.45, 2.75) is 36.2 Å². The van der Waals surface area contributed by atoms with Crippen molar-refractivity contribution in [1.29, 1.82) is 0 Å². The highest BCUT2D eigenvalue weighted by molar-refractivity contribution is 9.10. The third-order valence-corrected chi connectivity index (χ3v) is 6.07. The Bertz CT molecular complexity index is 578. The van der Waals surface area contributed by atoms with Crippen LogP contribution in [0.4, 0.5) is 0 Å². The quantitative estimate of drug-likeness (QED) is 0.878. The number of aromatic nitrogens is 1. The van der Waals surface area contributed by atoms with Crippen LogP contribution >= 0.6 is 15.9 Å². The zero-order valence-electron chi connectivity index (χ0n) is 10.4. The molecule has 2 unspecified atom stereocenters. The van der Waals surface area contributed by atoms with Gasteiger partial charge in [-0.25, -0.2) is 8.42 Å². The van der Waals surface area contributed by atoms with Crippen LogP contribution in [-0.2, 0) is 10.0 Å². The molecule has 0 spiro atoms. The lowest BCUT2D eigenvalue weighted by Gasteiger charge is -2.23. The topological polar surface area (TPSA) is 62.3 Å². The van der Waals surface area contributed by atoms with E-state index in [0.29, 0.717) is 29.6 Å². The summed E-state index contributed by atoms with van der Waals surface area (Å²) in [4.78, 5) is 4.21. The first-order valence-corrected chi connectivity index (χ1v) is 8.66. The van der Waals surface area contributed by atoms with Gasteiger partial charge in [0.2, 0.25) is 10.0 Å². The summed E-state index contributed by atoms with van der Waals surface area (Å²) in [6.45, 7) is 1.15. The van der Waals surface area contributed by atoms with Crippen LogP contribution in [0.1, 0.15) is 19.3 Å². The standard InChI is InChI=1S/C12H16BrN3O2S/c13-9-5-12(7-14-6-9)19(17,18)16-4-3-10-1-2-11(8-16)15-10/h5-7,10-11,15H,1-4,8H2. The molecule has 0 radical (unpaired) electrons. The molecule has 19 heavy (non-hydrogen) atoms. The van der Waals surface area contributed by atoms with E-state index in [9.17, 15) is 8.42 Å². The third-order valence-electron chi connectivity index (χ3n) is 3.80. The normalized spacial score (nSPS) is 28.3. The second-order valence-corrected chi connectivity index (χ2v) is 7.98. The van der Waals surface area contributed by atoms with Gasteiger partial charge in [0.1, 0.15) is 4.90 Å². The molecule has 2 aliphatic heterocycles. The summed E-state index contributed by atoms with van der Waals surface area (Å²) < 4.78 is 27.5. The van der Waals surface area contributed by atoms with Crippen LogP contribution in [0.5, 0.6) is 0 Å². The van der Waals surface area contributed by atoms with Gasteiger partial charge in [-0.05, 0) is 41.3 Å². The van der Waals surface area contributed by atoms with Crippen LogP contribution in [0.25, 0.3) is 0 Å². The van der Waals surface area contributed by atoms with Crippen molar-refractivity contribution in [2.24, 2.45) is 0 Å². The molecular weight excluding hydrogens is 330 g/mol. The fourth-order valence-electron chi connectivity index (χ4n) is 2.81. The third kappa shape index (κ3) is 2.69. The van der Waals surface area contributed by atoms with Crippen molar-refractivity contribution in [2.75, 3.05) is 13.1 Å². The van der Waals surface area contributed by atoms with E-state index in [-0.39, 0.29) is 4.90 Å². The number of fused-ring (bicyclic) bond motifs is 2. The molecule has 2 fully saturated rings. The van der Waals surface area contributed by atoms with E-state index >= 15 is 0 Å². The molecule has 0 amide bonds. The fraction of sp³-hybridized carbons (Fsp3) is 0.583. The van der Waals surface area contributed by atoms with E-state index in [4.69, 9.17) is 0 Å². The molecule has 5 nitrogen and oxygen atoms in total. The number of hydrogen-bond acceptors (Lipinski definition) is 4. The van der Waals surface area contributed by atoms with Gasteiger partial charge in [0.25, 0.3) is 0 Å². The van der Waals surface area contributed by atoms with Crippen molar-refractivity contribution < 1.29 is 8.42 Å². The summed E-state index contributed by atoms with van der Waals surface area (Å²) in [5.74, 6) is 0. The average Bonchev–Trinajstić information content (AvgIpc) is 2.68. The molecule has 2 bridgehead atoms. The van der Waals surface area contributed by atoms with Crippen LogP contribution in [0.2, 0.25) is 0 Å². The smallest absolute Gasteiger partial charge is 0.244 e. The van der Waals surface area contributed by atoms with E-state index in [0.717, 1.165) is 19.3 Å². The average molecular weight is 346 g/mol. The zero-order valence-corrected chi connectivity index (χ0v) is 12.8. The Morgan fingerprint density at radius 1 is 1.26 bits per heavy atom. The molecular formula is C12H16BrN3O2S. The summed E-state index contributed by atoms with van der Waals surface area (Å²) in [6.07, 6.45) is 6.11. The largest absolute Gasteiger partial charge is 0.310 e. The van der Waals surface area contributed by atoms with Gasteiger partial charge in [-0.15, -0.1) is 0 Å². The van der Waals surface area contributed by atoms with Crippen LogP contribution in [0.3, 0.4) is 0 Å². The molecule has 3 heterocycles. The monoisotopic (exact) mass is 345 g/mol. The Morgan fingerprint density at radius 2 is 2.05 bits per heavy atom. The van der Waals surface area contributed by atoms with Crippen molar-refractivity contribution >= 4 is 26.0 Å². The minimum Gasteiger partial charge on any atom is -0.310 e. The zero-order chi connectivity index (χ0) is 13.5. The highest BCUT2D eigenvalue weighted by Gasteiger charge is 2.35. The first-order chi connectivity index (χ1) is 9.05. The van der Waals surface area contributed by atoms with E-state index < -0.39 is 10.0 Å². The lowest BCUT2D eigenvalue weighted by Crippen LogP contribution is -2.39. The van der Waals surface area contributed by atoms with Gasteiger partial charge in [-0.3, -0.25) is 4.98 Å². The Labute approximate surface area is 121 Å². The van der Waals surface area contributed by atoms with Gasteiger partial charge < -0.3 is 5.32 Å². The minimum atomic E-state index is -3.43. The molecule has 2 atom stereocenters.